The Labute approximate surface area is 111 Å². The van der Waals surface area contributed by atoms with Gasteiger partial charge in [0.25, 0.3) is 0 Å². The van der Waals surface area contributed by atoms with Gasteiger partial charge >= 0.3 is 0 Å². The van der Waals surface area contributed by atoms with E-state index in [1.54, 1.807) is 42.5 Å². The molecular formula is C14H13NO3S. The summed E-state index contributed by atoms with van der Waals surface area (Å²) in [6.07, 6.45) is 0. The van der Waals surface area contributed by atoms with Crippen LogP contribution in [0.3, 0.4) is 0 Å². The van der Waals surface area contributed by atoms with Crippen LogP contribution in [0.4, 0.5) is 0 Å². The molecule has 0 spiro atoms. The lowest BCUT2D eigenvalue weighted by Crippen LogP contribution is -2.17. The summed E-state index contributed by atoms with van der Waals surface area (Å²) in [5, 5.41) is 12.1. The smallest absolute Gasteiger partial charge is 0.184 e. The van der Waals surface area contributed by atoms with Crippen molar-refractivity contribution < 1.29 is 13.6 Å². The average molecular weight is 275 g/mol. The van der Waals surface area contributed by atoms with Crippen LogP contribution in [0, 0.1) is 0 Å². The Bertz CT molecular complexity index is 664. The zero-order valence-electron chi connectivity index (χ0n) is 10.1. The topological polar surface area (TPSA) is 66.7 Å². The highest BCUT2D eigenvalue weighted by molar-refractivity contribution is 7.92. The first kappa shape index (κ1) is 13.3. The normalized spacial score (nSPS) is 12.3. The molecule has 2 rings (SSSR count). The average Bonchev–Trinajstić information content (AvgIpc) is 2.47. The van der Waals surface area contributed by atoms with Crippen LogP contribution in [0.25, 0.3) is 0 Å². The fourth-order valence-corrected chi connectivity index (χ4v) is 3.01. The van der Waals surface area contributed by atoms with Crippen molar-refractivity contribution in [3.8, 4) is 0 Å². The number of hydrogen-bond acceptors (Lipinski definition) is 4. The molecule has 2 aromatic carbocycles. The van der Waals surface area contributed by atoms with E-state index in [0.29, 0.717) is 5.56 Å². The van der Waals surface area contributed by atoms with Crippen LogP contribution in [0.15, 0.2) is 70.7 Å². The third-order valence-corrected chi connectivity index (χ3v) is 4.30. The Kier molecular flexibility index (Phi) is 3.97. The Balaban J connectivity index is 2.30. The van der Waals surface area contributed by atoms with E-state index in [-0.39, 0.29) is 16.4 Å². The summed E-state index contributed by atoms with van der Waals surface area (Å²) in [6.45, 7) is 0. The van der Waals surface area contributed by atoms with Crippen LogP contribution in [-0.4, -0.2) is 25.1 Å². The SMILES string of the molecule is O=S(=O)(C/C(=N\O)c1ccccc1)c1ccccc1. The van der Waals surface area contributed by atoms with Gasteiger partial charge in [-0.05, 0) is 12.1 Å². The van der Waals surface area contributed by atoms with E-state index in [9.17, 15) is 8.42 Å². The molecule has 4 nitrogen and oxygen atoms in total. The summed E-state index contributed by atoms with van der Waals surface area (Å²) < 4.78 is 24.4. The maximum Gasteiger partial charge on any atom is 0.184 e. The molecule has 0 aromatic heterocycles. The summed E-state index contributed by atoms with van der Waals surface area (Å²) in [6, 6.07) is 16.8. The number of rotatable bonds is 4. The van der Waals surface area contributed by atoms with Gasteiger partial charge in [-0.2, -0.15) is 0 Å². The Morgan fingerprint density at radius 1 is 0.947 bits per heavy atom. The van der Waals surface area contributed by atoms with Gasteiger partial charge in [0.15, 0.2) is 9.84 Å². The van der Waals surface area contributed by atoms with Gasteiger partial charge in [0.1, 0.15) is 11.5 Å². The predicted molar refractivity (Wildman–Crippen MR) is 73.3 cm³/mol. The molecule has 0 aliphatic carbocycles. The Hall–Kier alpha value is -2.14. The molecule has 1 N–H and O–H groups in total. The van der Waals surface area contributed by atoms with Crippen molar-refractivity contribution in [1.82, 2.24) is 0 Å². The lowest BCUT2D eigenvalue weighted by Gasteiger charge is -2.06. The molecule has 0 saturated carbocycles. The van der Waals surface area contributed by atoms with Gasteiger partial charge in [0, 0.05) is 5.56 Å². The molecule has 0 atom stereocenters. The Morgan fingerprint density at radius 2 is 1.47 bits per heavy atom. The minimum absolute atomic E-state index is 0.129. The number of oxime groups is 1. The molecular weight excluding hydrogens is 262 g/mol. The van der Waals surface area contributed by atoms with E-state index in [1.807, 2.05) is 6.07 Å². The van der Waals surface area contributed by atoms with Crippen molar-refractivity contribution in [3.63, 3.8) is 0 Å². The van der Waals surface area contributed by atoms with Crippen molar-refractivity contribution in [3.05, 3.63) is 66.2 Å². The van der Waals surface area contributed by atoms with Gasteiger partial charge < -0.3 is 5.21 Å². The van der Waals surface area contributed by atoms with Crippen molar-refractivity contribution in [1.29, 1.82) is 0 Å². The second kappa shape index (κ2) is 5.67. The molecule has 0 radical (unpaired) electrons. The molecule has 0 saturated heterocycles. The summed E-state index contributed by atoms with van der Waals surface area (Å²) >= 11 is 0. The second-order valence-electron chi connectivity index (χ2n) is 3.98. The molecule has 0 aliphatic rings. The minimum atomic E-state index is -3.51. The van der Waals surface area contributed by atoms with Crippen molar-refractivity contribution in [2.75, 3.05) is 5.75 Å². The summed E-state index contributed by atoms with van der Waals surface area (Å²) in [7, 11) is -3.51. The third kappa shape index (κ3) is 3.20. The van der Waals surface area contributed by atoms with Crippen molar-refractivity contribution in [2.45, 2.75) is 4.90 Å². The van der Waals surface area contributed by atoms with Gasteiger partial charge in [-0.25, -0.2) is 8.42 Å². The van der Waals surface area contributed by atoms with Crippen molar-refractivity contribution >= 4 is 15.5 Å². The maximum atomic E-state index is 12.2. The minimum Gasteiger partial charge on any atom is -0.411 e. The first-order chi connectivity index (χ1) is 9.13. The van der Waals surface area contributed by atoms with Crippen LogP contribution >= 0.6 is 0 Å². The highest BCUT2D eigenvalue weighted by Gasteiger charge is 2.18. The predicted octanol–water partition coefficient (Wildman–Crippen LogP) is 2.34. The highest BCUT2D eigenvalue weighted by atomic mass is 32.2. The number of nitrogens with zero attached hydrogens (tertiary/aromatic N) is 1. The molecule has 0 fully saturated rings. The van der Waals surface area contributed by atoms with Crippen LogP contribution in [-0.2, 0) is 9.84 Å². The zero-order chi connectivity index (χ0) is 13.7. The van der Waals surface area contributed by atoms with E-state index in [1.165, 1.54) is 12.1 Å². The molecule has 0 unspecified atom stereocenters. The monoisotopic (exact) mass is 275 g/mol. The summed E-state index contributed by atoms with van der Waals surface area (Å²) in [4.78, 5) is 0.215. The first-order valence-electron chi connectivity index (χ1n) is 5.67. The van der Waals surface area contributed by atoms with Crippen LogP contribution < -0.4 is 0 Å². The fourth-order valence-electron chi connectivity index (χ4n) is 1.69. The zero-order valence-corrected chi connectivity index (χ0v) is 10.9. The maximum absolute atomic E-state index is 12.2. The largest absolute Gasteiger partial charge is 0.411 e. The Morgan fingerprint density at radius 3 is 2.00 bits per heavy atom. The standard InChI is InChI=1S/C14H13NO3S/c16-15-14(12-7-3-1-4-8-12)11-19(17,18)13-9-5-2-6-10-13/h1-10,16H,11H2/b15-14+. The molecule has 0 bridgehead atoms. The van der Waals surface area contributed by atoms with Crippen LogP contribution in [0.2, 0.25) is 0 Å². The molecule has 98 valence electrons. The van der Waals surface area contributed by atoms with Crippen LogP contribution in [0.1, 0.15) is 5.56 Å². The van der Waals surface area contributed by atoms with E-state index in [4.69, 9.17) is 5.21 Å². The van der Waals surface area contributed by atoms with Gasteiger partial charge in [-0.1, -0.05) is 53.7 Å². The lowest BCUT2D eigenvalue weighted by atomic mass is 10.1. The van der Waals surface area contributed by atoms with Crippen molar-refractivity contribution in [2.24, 2.45) is 5.16 Å². The molecule has 0 aliphatic heterocycles. The molecule has 0 heterocycles. The van der Waals surface area contributed by atoms with E-state index >= 15 is 0 Å². The second-order valence-corrected chi connectivity index (χ2v) is 5.97. The summed E-state index contributed by atoms with van der Waals surface area (Å²) in [5.41, 5.74) is 0.717. The van der Waals surface area contributed by atoms with Gasteiger partial charge in [0.2, 0.25) is 0 Å². The lowest BCUT2D eigenvalue weighted by molar-refractivity contribution is 0.319. The van der Waals surface area contributed by atoms with E-state index in [0.717, 1.165) is 0 Å². The summed E-state index contributed by atoms with van der Waals surface area (Å²) in [5.74, 6) is -0.336. The molecule has 0 amide bonds. The number of benzene rings is 2. The third-order valence-electron chi connectivity index (χ3n) is 2.66. The van der Waals surface area contributed by atoms with Gasteiger partial charge in [0.05, 0.1) is 4.90 Å². The first-order valence-corrected chi connectivity index (χ1v) is 7.33. The number of hydrogen-bond donors (Lipinski definition) is 1. The quantitative estimate of drug-likeness (QED) is 0.529. The fraction of sp³-hybridized carbons (Fsp3) is 0.0714. The van der Waals surface area contributed by atoms with E-state index in [2.05, 4.69) is 5.16 Å². The van der Waals surface area contributed by atoms with E-state index < -0.39 is 9.84 Å². The molecule has 19 heavy (non-hydrogen) atoms. The molecule has 2 aromatic rings. The van der Waals surface area contributed by atoms with Gasteiger partial charge in [-0.3, -0.25) is 0 Å². The highest BCUT2D eigenvalue weighted by Crippen LogP contribution is 2.13. The number of sulfone groups is 1. The molecule has 5 heteroatoms. The van der Waals surface area contributed by atoms with Gasteiger partial charge in [-0.15, -0.1) is 0 Å². The van der Waals surface area contributed by atoms with Crippen LogP contribution in [0.5, 0.6) is 0 Å².